The molecular formula is C28H36ClN3O5S. The van der Waals surface area contributed by atoms with Crippen molar-refractivity contribution in [2.75, 3.05) is 46.4 Å². The number of halogens is 1. The molecule has 1 spiro atoms. The number of nitrogens with zero attached hydrogens (tertiary/aromatic N) is 2. The highest BCUT2D eigenvalue weighted by Crippen LogP contribution is 2.47. The number of β-amino-alcohol motifs (C(OH)–C–C–N with tert-alkyl or cyclic N) is 1. The fourth-order valence-corrected chi connectivity index (χ4v) is 6.88. The number of benzene rings is 2. The molecule has 2 N–H and O–H groups in total. The lowest BCUT2D eigenvalue weighted by Gasteiger charge is -2.44. The van der Waals surface area contributed by atoms with Crippen molar-refractivity contribution in [3.8, 4) is 16.9 Å². The molecule has 0 aromatic heterocycles. The number of likely N-dealkylation sites (N-methyl/N-ethyl adjacent to an activating group) is 1. The quantitative estimate of drug-likeness (QED) is 0.583. The van der Waals surface area contributed by atoms with Crippen LogP contribution in [-0.2, 0) is 14.8 Å². The third-order valence-electron chi connectivity index (χ3n) is 8.21. The van der Waals surface area contributed by atoms with Crippen LogP contribution in [0.1, 0.15) is 32.6 Å². The van der Waals surface area contributed by atoms with E-state index in [2.05, 4.69) is 4.72 Å². The first-order valence-corrected chi connectivity index (χ1v) is 15.0. The molecule has 1 saturated carbocycles. The van der Waals surface area contributed by atoms with Gasteiger partial charge in [-0.05, 0) is 68.1 Å². The molecule has 38 heavy (non-hydrogen) atoms. The van der Waals surface area contributed by atoms with E-state index in [-0.39, 0.29) is 33.9 Å². The van der Waals surface area contributed by atoms with Gasteiger partial charge in [-0.25, -0.2) is 13.1 Å². The highest BCUT2D eigenvalue weighted by molar-refractivity contribution is 7.89. The van der Waals surface area contributed by atoms with Crippen LogP contribution in [0.3, 0.4) is 0 Å². The predicted molar refractivity (Wildman–Crippen MR) is 147 cm³/mol. The minimum absolute atomic E-state index is 0.0424. The summed E-state index contributed by atoms with van der Waals surface area (Å²) in [6.07, 6.45) is 2.53. The Balaban J connectivity index is 1.46. The van der Waals surface area contributed by atoms with E-state index in [1.807, 2.05) is 35.9 Å². The fourth-order valence-electron chi connectivity index (χ4n) is 5.56. The van der Waals surface area contributed by atoms with Crippen molar-refractivity contribution in [3.05, 3.63) is 47.5 Å². The molecular weight excluding hydrogens is 526 g/mol. The van der Waals surface area contributed by atoms with E-state index in [1.165, 1.54) is 0 Å². The van der Waals surface area contributed by atoms with Crippen molar-refractivity contribution < 1.29 is 23.1 Å². The van der Waals surface area contributed by atoms with Crippen molar-refractivity contribution in [2.24, 2.45) is 10.8 Å². The van der Waals surface area contributed by atoms with Crippen LogP contribution in [0.25, 0.3) is 11.1 Å². The number of piperidine rings is 1. The number of aliphatic hydroxyl groups is 1. The van der Waals surface area contributed by atoms with Gasteiger partial charge in [-0.2, -0.15) is 0 Å². The summed E-state index contributed by atoms with van der Waals surface area (Å²) in [5.41, 5.74) is 1.21. The lowest BCUT2D eigenvalue weighted by Crippen LogP contribution is -2.52. The van der Waals surface area contributed by atoms with Crippen molar-refractivity contribution in [1.82, 2.24) is 14.5 Å². The average molecular weight is 562 g/mol. The molecule has 1 amide bonds. The zero-order valence-electron chi connectivity index (χ0n) is 22.0. The maximum absolute atomic E-state index is 13.2. The summed E-state index contributed by atoms with van der Waals surface area (Å²) in [5.74, 6) is 0.506. The molecule has 1 aliphatic carbocycles. The van der Waals surface area contributed by atoms with Crippen molar-refractivity contribution in [3.63, 3.8) is 0 Å². The number of hydrogen-bond acceptors (Lipinski definition) is 6. The highest BCUT2D eigenvalue weighted by atomic mass is 35.5. The number of carbonyl (C=O) groups excluding carboxylic acids is 1. The summed E-state index contributed by atoms with van der Waals surface area (Å²) in [7, 11) is -1.99. The SMILES string of the molecule is CN1CC(O)CNS(=O)(=O)c2ccc(-c3ccc(Cl)cc3)cc2OCC2(CCN(C(=O)C3(C)CC3)CC2)C1. The van der Waals surface area contributed by atoms with Crippen LogP contribution in [-0.4, -0.2) is 81.7 Å². The monoisotopic (exact) mass is 561 g/mol. The summed E-state index contributed by atoms with van der Waals surface area (Å²) in [6, 6.07) is 12.4. The van der Waals surface area contributed by atoms with Gasteiger partial charge in [-0.1, -0.05) is 36.7 Å². The number of fused-ring (bicyclic) bond motifs is 1. The van der Waals surface area contributed by atoms with Gasteiger partial charge in [0, 0.05) is 48.6 Å². The molecule has 1 unspecified atom stereocenters. The maximum Gasteiger partial charge on any atom is 0.244 e. The highest BCUT2D eigenvalue weighted by Gasteiger charge is 2.49. The molecule has 5 rings (SSSR count). The Bertz CT molecular complexity index is 1290. The standard InChI is InChI=1S/C28H36ClN3O5S/c1-27(9-10-27)26(34)32-13-11-28(12-14-32)18-31(2)17-23(33)16-30-38(35,36)25-8-5-21(15-24(25)37-19-28)20-3-6-22(29)7-4-20/h3-8,15,23,30,33H,9-14,16-19H2,1-2H3. The van der Waals surface area contributed by atoms with E-state index in [0.29, 0.717) is 37.8 Å². The molecule has 2 aliphatic heterocycles. The number of carbonyl (C=O) groups is 1. The minimum atomic E-state index is -3.92. The Labute approximate surface area is 230 Å². The number of hydrogen-bond donors (Lipinski definition) is 2. The number of likely N-dealkylation sites (tertiary alicyclic amines) is 1. The number of rotatable bonds is 2. The summed E-state index contributed by atoms with van der Waals surface area (Å²) in [4.78, 5) is 17.0. The van der Waals surface area contributed by atoms with Gasteiger partial charge >= 0.3 is 0 Å². The van der Waals surface area contributed by atoms with Gasteiger partial charge in [0.15, 0.2) is 0 Å². The molecule has 3 aliphatic rings. The van der Waals surface area contributed by atoms with Crippen LogP contribution in [0.15, 0.2) is 47.4 Å². The Hall–Kier alpha value is -2.17. The Morgan fingerprint density at radius 1 is 1.08 bits per heavy atom. The summed E-state index contributed by atoms with van der Waals surface area (Å²) < 4.78 is 35.4. The van der Waals surface area contributed by atoms with Crippen molar-refractivity contribution in [2.45, 2.75) is 43.6 Å². The molecule has 10 heteroatoms. The third-order valence-corrected chi connectivity index (χ3v) is 9.92. The smallest absolute Gasteiger partial charge is 0.244 e. The molecule has 2 heterocycles. The zero-order chi connectivity index (χ0) is 27.1. The van der Waals surface area contributed by atoms with Gasteiger partial charge < -0.3 is 19.6 Å². The second kappa shape index (κ2) is 10.4. The molecule has 1 saturated heterocycles. The predicted octanol–water partition coefficient (Wildman–Crippen LogP) is 3.38. The summed E-state index contributed by atoms with van der Waals surface area (Å²) >= 11 is 6.06. The van der Waals surface area contributed by atoms with Crippen LogP contribution in [0.5, 0.6) is 5.75 Å². The molecule has 1 atom stereocenters. The van der Waals surface area contributed by atoms with Crippen LogP contribution >= 0.6 is 11.6 Å². The third kappa shape index (κ3) is 5.87. The molecule has 0 bridgehead atoms. The van der Waals surface area contributed by atoms with Gasteiger partial charge in [0.05, 0.1) is 12.7 Å². The first-order valence-electron chi connectivity index (χ1n) is 13.2. The molecule has 0 radical (unpaired) electrons. The lowest BCUT2D eigenvalue weighted by atomic mass is 9.78. The fraction of sp³-hybridized carbons (Fsp3) is 0.536. The number of ether oxygens (including phenoxy) is 1. The van der Waals surface area contributed by atoms with E-state index in [1.54, 1.807) is 30.3 Å². The average Bonchev–Trinajstić information content (AvgIpc) is 3.64. The Kier molecular flexibility index (Phi) is 7.52. The number of amides is 1. The maximum atomic E-state index is 13.2. The van der Waals surface area contributed by atoms with Gasteiger partial charge in [-0.15, -0.1) is 0 Å². The van der Waals surface area contributed by atoms with E-state index in [0.717, 1.165) is 36.8 Å². The molecule has 2 aromatic carbocycles. The normalized spacial score (nSPS) is 24.9. The first kappa shape index (κ1) is 27.4. The second-order valence-corrected chi connectivity index (χ2v) is 13.7. The van der Waals surface area contributed by atoms with Gasteiger partial charge in [0.1, 0.15) is 10.6 Å². The van der Waals surface area contributed by atoms with Crippen molar-refractivity contribution >= 4 is 27.5 Å². The topological polar surface area (TPSA) is 99.2 Å². The Morgan fingerprint density at radius 2 is 1.74 bits per heavy atom. The Morgan fingerprint density at radius 3 is 2.39 bits per heavy atom. The van der Waals surface area contributed by atoms with Crippen LogP contribution in [0, 0.1) is 10.8 Å². The zero-order valence-corrected chi connectivity index (χ0v) is 23.5. The van der Waals surface area contributed by atoms with E-state index in [4.69, 9.17) is 16.3 Å². The molecule has 8 nitrogen and oxygen atoms in total. The molecule has 2 fully saturated rings. The second-order valence-electron chi connectivity index (χ2n) is 11.5. The number of sulfonamides is 1. The van der Waals surface area contributed by atoms with Gasteiger partial charge in [-0.3, -0.25) is 4.79 Å². The van der Waals surface area contributed by atoms with Gasteiger partial charge in [0.25, 0.3) is 0 Å². The minimum Gasteiger partial charge on any atom is -0.492 e. The van der Waals surface area contributed by atoms with Crippen molar-refractivity contribution in [1.29, 1.82) is 0 Å². The number of nitrogens with one attached hydrogen (secondary N) is 1. The van der Waals surface area contributed by atoms with E-state index in [9.17, 15) is 18.3 Å². The van der Waals surface area contributed by atoms with E-state index < -0.39 is 16.1 Å². The van der Waals surface area contributed by atoms with Crippen LogP contribution < -0.4 is 9.46 Å². The largest absolute Gasteiger partial charge is 0.492 e. The van der Waals surface area contributed by atoms with Gasteiger partial charge in [0.2, 0.25) is 15.9 Å². The first-order chi connectivity index (χ1) is 18.0. The number of aliphatic hydroxyl groups excluding tert-OH is 1. The van der Waals surface area contributed by atoms with Crippen LogP contribution in [0.2, 0.25) is 5.02 Å². The summed E-state index contributed by atoms with van der Waals surface area (Å²) in [5, 5.41) is 11.2. The van der Waals surface area contributed by atoms with E-state index >= 15 is 0 Å². The molecule has 2 aromatic rings. The molecule has 206 valence electrons. The van der Waals surface area contributed by atoms with Crippen LogP contribution in [0.4, 0.5) is 0 Å². The lowest BCUT2D eigenvalue weighted by molar-refractivity contribution is -0.139. The summed E-state index contributed by atoms with van der Waals surface area (Å²) in [6.45, 7) is 4.53.